The van der Waals surface area contributed by atoms with Crippen molar-refractivity contribution < 1.29 is 0 Å². The molecule has 5 nitrogen and oxygen atoms in total. The van der Waals surface area contributed by atoms with Gasteiger partial charge in [-0.25, -0.2) is 0 Å². The molecule has 0 aliphatic carbocycles. The first kappa shape index (κ1) is 12.8. The van der Waals surface area contributed by atoms with Crippen LogP contribution in [0.15, 0.2) is 18.6 Å². The lowest BCUT2D eigenvalue weighted by molar-refractivity contribution is 0.571. The fourth-order valence-corrected chi connectivity index (χ4v) is 1.87. The van der Waals surface area contributed by atoms with Crippen LogP contribution in [0.5, 0.6) is 0 Å². The Bertz CT molecular complexity index is 511. The quantitative estimate of drug-likeness (QED) is 0.876. The Labute approximate surface area is 108 Å². The van der Waals surface area contributed by atoms with E-state index in [-0.39, 0.29) is 0 Å². The predicted molar refractivity (Wildman–Crippen MR) is 71.1 cm³/mol. The van der Waals surface area contributed by atoms with Crippen LogP contribution in [0, 0.1) is 6.92 Å². The Morgan fingerprint density at radius 3 is 2.67 bits per heavy atom. The zero-order chi connectivity index (χ0) is 13.1. The number of aryl methyl sites for hydroxylation is 2. The summed E-state index contributed by atoms with van der Waals surface area (Å²) in [5.41, 5.74) is 3.67. The molecular formula is C13H21N5. The van der Waals surface area contributed by atoms with E-state index in [9.17, 15) is 0 Å². The monoisotopic (exact) mass is 247 g/mol. The van der Waals surface area contributed by atoms with Crippen molar-refractivity contribution in [2.75, 3.05) is 0 Å². The highest BCUT2D eigenvalue weighted by atomic mass is 15.3. The SMILES string of the molecule is CCn1cc(C(C)NCc2cnn(C)c2C)cn1. The Morgan fingerprint density at radius 2 is 2.11 bits per heavy atom. The van der Waals surface area contributed by atoms with E-state index in [0.717, 1.165) is 13.1 Å². The van der Waals surface area contributed by atoms with Crippen molar-refractivity contribution in [2.45, 2.75) is 39.9 Å². The zero-order valence-corrected chi connectivity index (χ0v) is 11.5. The van der Waals surface area contributed by atoms with Gasteiger partial charge in [0.05, 0.1) is 12.4 Å². The molecule has 0 saturated heterocycles. The van der Waals surface area contributed by atoms with E-state index in [1.54, 1.807) is 0 Å². The number of hydrogen-bond donors (Lipinski definition) is 1. The first-order valence-corrected chi connectivity index (χ1v) is 6.35. The summed E-state index contributed by atoms with van der Waals surface area (Å²) in [6, 6.07) is 0.296. The standard InChI is InChI=1S/C13H21N5/c1-5-18-9-13(8-16-18)10(2)14-6-12-7-15-17(4)11(12)3/h7-10,14H,5-6H2,1-4H3. The van der Waals surface area contributed by atoms with Gasteiger partial charge >= 0.3 is 0 Å². The van der Waals surface area contributed by atoms with Crippen LogP contribution < -0.4 is 5.32 Å². The maximum Gasteiger partial charge on any atom is 0.0537 e. The van der Waals surface area contributed by atoms with Crippen LogP contribution in [-0.4, -0.2) is 19.6 Å². The molecule has 0 amide bonds. The third-order valence-corrected chi connectivity index (χ3v) is 3.41. The highest BCUT2D eigenvalue weighted by Gasteiger charge is 2.09. The second-order valence-corrected chi connectivity index (χ2v) is 4.61. The Kier molecular flexibility index (Phi) is 3.81. The molecule has 5 heteroatoms. The van der Waals surface area contributed by atoms with Gasteiger partial charge in [0.25, 0.3) is 0 Å². The van der Waals surface area contributed by atoms with Gasteiger partial charge in [0.1, 0.15) is 0 Å². The summed E-state index contributed by atoms with van der Waals surface area (Å²) in [6.45, 7) is 8.08. The molecule has 2 rings (SSSR count). The van der Waals surface area contributed by atoms with Crippen molar-refractivity contribution in [2.24, 2.45) is 7.05 Å². The van der Waals surface area contributed by atoms with E-state index < -0.39 is 0 Å². The van der Waals surface area contributed by atoms with E-state index >= 15 is 0 Å². The lowest BCUT2D eigenvalue weighted by atomic mass is 10.2. The molecule has 2 heterocycles. The molecule has 0 spiro atoms. The summed E-state index contributed by atoms with van der Waals surface area (Å²) >= 11 is 0. The fraction of sp³-hybridized carbons (Fsp3) is 0.538. The summed E-state index contributed by atoms with van der Waals surface area (Å²) in [5, 5.41) is 12.0. The van der Waals surface area contributed by atoms with E-state index in [1.807, 2.05) is 28.8 Å². The van der Waals surface area contributed by atoms with Crippen LogP contribution >= 0.6 is 0 Å². The average Bonchev–Trinajstić information content (AvgIpc) is 2.96. The summed E-state index contributed by atoms with van der Waals surface area (Å²) in [6.07, 6.45) is 5.94. The van der Waals surface area contributed by atoms with Crippen molar-refractivity contribution in [1.29, 1.82) is 0 Å². The van der Waals surface area contributed by atoms with Crippen molar-refractivity contribution in [3.8, 4) is 0 Å². The van der Waals surface area contributed by atoms with E-state index in [0.29, 0.717) is 6.04 Å². The van der Waals surface area contributed by atoms with Gasteiger partial charge in [-0.15, -0.1) is 0 Å². The molecule has 0 aromatic carbocycles. The lowest BCUT2D eigenvalue weighted by Crippen LogP contribution is -2.18. The van der Waals surface area contributed by atoms with Gasteiger partial charge in [-0.2, -0.15) is 10.2 Å². The van der Waals surface area contributed by atoms with Gasteiger partial charge in [0, 0.05) is 49.2 Å². The molecule has 0 saturated carbocycles. The van der Waals surface area contributed by atoms with Gasteiger partial charge in [-0.1, -0.05) is 0 Å². The molecule has 0 bridgehead atoms. The molecule has 1 unspecified atom stereocenters. The molecule has 0 aliphatic heterocycles. The summed E-state index contributed by atoms with van der Waals surface area (Å²) in [4.78, 5) is 0. The Balaban J connectivity index is 1.95. The normalized spacial score (nSPS) is 12.9. The number of nitrogens with one attached hydrogen (secondary N) is 1. The molecule has 18 heavy (non-hydrogen) atoms. The molecular weight excluding hydrogens is 226 g/mol. The Morgan fingerprint density at radius 1 is 1.33 bits per heavy atom. The highest BCUT2D eigenvalue weighted by Crippen LogP contribution is 2.13. The van der Waals surface area contributed by atoms with E-state index in [1.165, 1.54) is 16.8 Å². The zero-order valence-electron chi connectivity index (χ0n) is 11.5. The predicted octanol–water partition coefficient (Wildman–Crippen LogP) is 1.80. The van der Waals surface area contributed by atoms with Gasteiger partial charge in [0.2, 0.25) is 0 Å². The van der Waals surface area contributed by atoms with E-state index in [4.69, 9.17) is 0 Å². The van der Waals surface area contributed by atoms with Crippen molar-refractivity contribution in [1.82, 2.24) is 24.9 Å². The molecule has 2 aromatic rings. The van der Waals surface area contributed by atoms with Gasteiger partial charge < -0.3 is 5.32 Å². The van der Waals surface area contributed by atoms with Crippen molar-refractivity contribution in [3.63, 3.8) is 0 Å². The minimum absolute atomic E-state index is 0.296. The van der Waals surface area contributed by atoms with Crippen LogP contribution in [0.2, 0.25) is 0 Å². The second-order valence-electron chi connectivity index (χ2n) is 4.61. The molecule has 0 aliphatic rings. The van der Waals surface area contributed by atoms with Crippen molar-refractivity contribution >= 4 is 0 Å². The third-order valence-electron chi connectivity index (χ3n) is 3.41. The number of rotatable bonds is 5. The Hall–Kier alpha value is -1.62. The largest absolute Gasteiger partial charge is 0.306 e. The fourth-order valence-electron chi connectivity index (χ4n) is 1.87. The maximum absolute atomic E-state index is 4.29. The van der Waals surface area contributed by atoms with Crippen LogP contribution in [0.4, 0.5) is 0 Å². The van der Waals surface area contributed by atoms with Crippen LogP contribution in [-0.2, 0) is 20.1 Å². The first-order chi connectivity index (χ1) is 8.61. The molecule has 2 aromatic heterocycles. The minimum Gasteiger partial charge on any atom is -0.306 e. The molecule has 1 atom stereocenters. The minimum atomic E-state index is 0.296. The molecule has 0 radical (unpaired) electrons. The number of aromatic nitrogens is 4. The smallest absolute Gasteiger partial charge is 0.0537 e. The van der Waals surface area contributed by atoms with Gasteiger partial charge in [-0.3, -0.25) is 9.36 Å². The molecule has 98 valence electrons. The molecule has 0 fully saturated rings. The maximum atomic E-state index is 4.29. The number of hydrogen-bond acceptors (Lipinski definition) is 3. The highest BCUT2D eigenvalue weighted by molar-refractivity contribution is 5.16. The average molecular weight is 247 g/mol. The first-order valence-electron chi connectivity index (χ1n) is 6.35. The van der Waals surface area contributed by atoms with E-state index in [2.05, 4.69) is 42.5 Å². The summed E-state index contributed by atoms with van der Waals surface area (Å²) < 4.78 is 3.85. The second kappa shape index (κ2) is 5.35. The lowest BCUT2D eigenvalue weighted by Gasteiger charge is -2.11. The van der Waals surface area contributed by atoms with Crippen molar-refractivity contribution in [3.05, 3.63) is 35.4 Å². The number of nitrogens with zero attached hydrogens (tertiary/aromatic N) is 4. The summed E-state index contributed by atoms with van der Waals surface area (Å²) in [7, 11) is 1.97. The molecule has 1 N–H and O–H groups in total. The van der Waals surface area contributed by atoms with Crippen LogP contribution in [0.25, 0.3) is 0 Å². The van der Waals surface area contributed by atoms with Gasteiger partial charge in [0.15, 0.2) is 0 Å². The van der Waals surface area contributed by atoms with Crippen LogP contribution in [0.3, 0.4) is 0 Å². The summed E-state index contributed by atoms with van der Waals surface area (Å²) in [5.74, 6) is 0. The van der Waals surface area contributed by atoms with Crippen LogP contribution in [0.1, 0.15) is 36.7 Å². The third kappa shape index (κ3) is 2.61. The topological polar surface area (TPSA) is 47.7 Å². The van der Waals surface area contributed by atoms with Gasteiger partial charge in [-0.05, 0) is 20.8 Å².